The van der Waals surface area contributed by atoms with Crippen molar-refractivity contribution in [1.82, 2.24) is 14.6 Å². The van der Waals surface area contributed by atoms with Crippen molar-refractivity contribution in [3.63, 3.8) is 0 Å². The van der Waals surface area contributed by atoms with Gasteiger partial charge >= 0.3 is 5.97 Å². The lowest BCUT2D eigenvalue weighted by Gasteiger charge is -2.13. The van der Waals surface area contributed by atoms with Gasteiger partial charge in [-0.25, -0.2) is 8.42 Å². The molecule has 0 aliphatic carbocycles. The summed E-state index contributed by atoms with van der Waals surface area (Å²) in [6.07, 6.45) is 2.75. The number of aliphatic carboxylic acids is 1. The van der Waals surface area contributed by atoms with Crippen molar-refractivity contribution in [3.8, 4) is 0 Å². The normalized spacial score (nSPS) is 17.3. The Morgan fingerprint density at radius 3 is 2.64 bits per heavy atom. The quantitative estimate of drug-likeness (QED) is 0.697. The van der Waals surface area contributed by atoms with E-state index in [4.69, 9.17) is 5.11 Å². The van der Waals surface area contributed by atoms with E-state index in [0.29, 0.717) is 13.1 Å². The molecule has 1 fully saturated rings. The topological polar surface area (TPSA) is 120 Å². The van der Waals surface area contributed by atoms with Crippen LogP contribution in [0.4, 0.5) is 0 Å². The SMILES string of the molecule is CC(CC(=O)O)NC(=O)c1cc(S(=O)(=O)N2CCCC2)c[nH]1. The first-order valence-electron chi connectivity index (χ1n) is 7.02. The second kappa shape index (κ2) is 6.49. The highest BCUT2D eigenvalue weighted by Crippen LogP contribution is 2.21. The van der Waals surface area contributed by atoms with Crippen LogP contribution in [0.15, 0.2) is 17.2 Å². The van der Waals surface area contributed by atoms with Crippen LogP contribution < -0.4 is 5.32 Å². The van der Waals surface area contributed by atoms with Gasteiger partial charge in [-0.05, 0) is 25.8 Å². The predicted molar refractivity (Wildman–Crippen MR) is 78.0 cm³/mol. The van der Waals surface area contributed by atoms with E-state index in [-0.39, 0.29) is 17.0 Å². The van der Waals surface area contributed by atoms with Crippen molar-refractivity contribution >= 4 is 21.9 Å². The molecule has 1 aromatic heterocycles. The molecule has 2 heterocycles. The molecule has 0 spiro atoms. The molecule has 1 atom stereocenters. The Morgan fingerprint density at radius 2 is 2.05 bits per heavy atom. The van der Waals surface area contributed by atoms with Gasteiger partial charge in [0.25, 0.3) is 5.91 Å². The van der Waals surface area contributed by atoms with Gasteiger partial charge in [0.1, 0.15) is 10.6 Å². The summed E-state index contributed by atoms with van der Waals surface area (Å²) in [4.78, 5) is 25.2. The Bertz CT molecular complexity index is 661. The zero-order valence-electron chi connectivity index (χ0n) is 12.2. The predicted octanol–water partition coefficient (Wildman–Crippen LogP) is 0.392. The number of hydrogen-bond acceptors (Lipinski definition) is 4. The molecule has 1 unspecified atom stereocenters. The number of hydrogen-bond donors (Lipinski definition) is 3. The Labute approximate surface area is 128 Å². The molecule has 0 bridgehead atoms. The zero-order chi connectivity index (χ0) is 16.3. The number of aromatic amines is 1. The minimum atomic E-state index is -3.57. The van der Waals surface area contributed by atoms with Crippen molar-refractivity contribution in [2.24, 2.45) is 0 Å². The fourth-order valence-electron chi connectivity index (χ4n) is 2.35. The monoisotopic (exact) mass is 329 g/mol. The van der Waals surface area contributed by atoms with E-state index in [1.807, 2.05) is 0 Å². The standard InChI is InChI=1S/C13H19N3O5S/c1-9(6-12(17)18)15-13(19)11-7-10(8-14-11)22(20,21)16-4-2-3-5-16/h7-9,14H,2-6H2,1H3,(H,15,19)(H,17,18). The Morgan fingerprint density at radius 1 is 1.41 bits per heavy atom. The van der Waals surface area contributed by atoms with Gasteiger partial charge < -0.3 is 15.4 Å². The molecule has 8 nitrogen and oxygen atoms in total. The maximum Gasteiger partial charge on any atom is 0.305 e. The Kier molecular flexibility index (Phi) is 4.87. The number of nitrogens with zero attached hydrogens (tertiary/aromatic N) is 1. The highest BCUT2D eigenvalue weighted by molar-refractivity contribution is 7.89. The summed E-state index contributed by atoms with van der Waals surface area (Å²) in [7, 11) is -3.57. The zero-order valence-corrected chi connectivity index (χ0v) is 13.0. The number of amides is 1. The largest absolute Gasteiger partial charge is 0.481 e. The van der Waals surface area contributed by atoms with Gasteiger partial charge in [-0.15, -0.1) is 0 Å². The number of sulfonamides is 1. The fraction of sp³-hybridized carbons (Fsp3) is 0.538. The molecule has 9 heteroatoms. The molecule has 0 aromatic carbocycles. The van der Waals surface area contributed by atoms with Gasteiger partial charge in [0.15, 0.2) is 0 Å². The molecule has 1 saturated heterocycles. The first-order valence-corrected chi connectivity index (χ1v) is 8.46. The van der Waals surface area contributed by atoms with Crippen molar-refractivity contribution in [2.45, 2.75) is 37.1 Å². The second-order valence-electron chi connectivity index (χ2n) is 5.33. The number of rotatable bonds is 6. The average Bonchev–Trinajstić information content (AvgIpc) is 3.10. The van der Waals surface area contributed by atoms with Gasteiger partial charge in [0.2, 0.25) is 10.0 Å². The number of carbonyl (C=O) groups is 2. The highest BCUT2D eigenvalue weighted by Gasteiger charge is 2.28. The lowest BCUT2D eigenvalue weighted by Crippen LogP contribution is -2.34. The number of aromatic nitrogens is 1. The van der Waals surface area contributed by atoms with Crippen molar-refractivity contribution < 1.29 is 23.1 Å². The Balaban J connectivity index is 2.07. The van der Waals surface area contributed by atoms with E-state index >= 15 is 0 Å². The number of H-pyrrole nitrogens is 1. The summed E-state index contributed by atoms with van der Waals surface area (Å²) in [5.41, 5.74) is 0.0926. The van der Waals surface area contributed by atoms with E-state index in [2.05, 4.69) is 10.3 Å². The lowest BCUT2D eigenvalue weighted by atomic mass is 10.2. The minimum Gasteiger partial charge on any atom is -0.481 e. The number of carbonyl (C=O) groups excluding carboxylic acids is 1. The van der Waals surface area contributed by atoms with Crippen molar-refractivity contribution in [1.29, 1.82) is 0 Å². The average molecular weight is 329 g/mol. The van der Waals surface area contributed by atoms with E-state index < -0.39 is 27.9 Å². The van der Waals surface area contributed by atoms with Crippen LogP contribution in [0.1, 0.15) is 36.7 Å². The van der Waals surface area contributed by atoms with Gasteiger partial charge in [-0.3, -0.25) is 9.59 Å². The van der Waals surface area contributed by atoms with Gasteiger partial charge in [-0.2, -0.15) is 4.31 Å². The molecule has 22 heavy (non-hydrogen) atoms. The molecule has 122 valence electrons. The van der Waals surface area contributed by atoms with Crippen LogP contribution in [0.25, 0.3) is 0 Å². The van der Waals surface area contributed by atoms with Crippen LogP contribution in [0.5, 0.6) is 0 Å². The first kappa shape index (κ1) is 16.5. The third-order valence-electron chi connectivity index (χ3n) is 3.46. The maximum atomic E-state index is 12.3. The summed E-state index contributed by atoms with van der Waals surface area (Å²) in [6, 6.07) is 0.725. The van der Waals surface area contributed by atoms with E-state index in [0.717, 1.165) is 12.8 Å². The van der Waals surface area contributed by atoms with Gasteiger partial charge in [0, 0.05) is 25.3 Å². The molecular formula is C13H19N3O5S. The van der Waals surface area contributed by atoms with Crippen LogP contribution in [-0.4, -0.2) is 53.8 Å². The summed E-state index contributed by atoms with van der Waals surface area (Å²) in [5, 5.41) is 11.2. The molecule has 0 radical (unpaired) electrons. The fourth-order valence-corrected chi connectivity index (χ4v) is 3.86. The molecule has 1 aliphatic rings. The summed E-state index contributed by atoms with van der Waals surface area (Å²) in [5.74, 6) is -1.55. The Hall–Kier alpha value is -1.87. The third kappa shape index (κ3) is 3.66. The number of carboxylic acid groups (broad SMARTS) is 1. The van der Waals surface area contributed by atoms with E-state index in [1.54, 1.807) is 6.92 Å². The van der Waals surface area contributed by atoms with Gasteiger partial charge in [-0.1, -0.05) is 0 Å². The molecule has 2 rings (SSSR count). The minimum absolute atomic E-state index is 0.0467. The summed E-state index contributed by atoms with van der Waals surface area (Å²) >= 11 is 0. The smallest absolute Gasteiger partial charge is 0.305 e. The molecule has 1 aliphatic heterocycles. The van der Waals surface area contributed by atoms with Crippen LogP contribution in [0, 0.1) is 0 Å². The summed E-state index contributed by atoms with van der Waals surface area (Å²) in [6.45, 7) is 2.55. The van der Waals surface area contributed by atoms with E-state index in [9.17, 15) is 18.0 Å². The van der Waals surface area contributed by atoms with E-state index in [1.165, 1.54) is 16.6 Å². The van der Waals surface area contributed by atoms with Crippen LogP contribution in [-0.2, 0) is 14.8 Å². The molecule has 1 aromatic rings. The highest BCUT2D eigenvalue weighted by atomic mass is 32.2. The van der Waals surface area contributed by atoms with Crippen LogP contribution in [0.2, 0.25) is 0 Å². The van der Waals surface area contributed by atoms with Crippen molar-refractivity contribution in [2.75, 3.05) is 13.1 Å². The molecular weight excluding hydrogens is 310 g/mol. The van der Waals surface area contributed by atoms with Crippen LogP contribution >= 0.6 is 0 Å². The van der Waals surface area contributed by atoms with Gasteiger partial charge in [0.05, 0.1) is 6.42 Å². The van der Waals surface area contributed by atoms with Crippen LogP contribution in [0.3, 0.4) is 0 Å². The number of carboxylic acids is 1. The molecule has 1 amide bonds. The lowest BCUT2D eigenvalue weighted by molar-refractivity contribution is -0.137. The maximum absolute atomic E-state index is 12.3. The second-order valence-corrected chi connectivity index (χ2v) is 7.27. The first-order chi connectivity index (χ1) is 10.3. The molecule has 3 N–H and O–H groups in total. The number of nitrogens with one attached hydrogen (secondary N) is 2. The summed E-state index contributed by atoms with van der Waals surface area (Å²) < 4.78 is 26.1. The molecule has 0 saturated carbocycles. The third-order valence-corrected chi connectivity index (χ3v) is 5.34. The van der Waals surface area contributed by atoms with Crippen molar-refractivity contribution in [3.05, 3.63) is 18.0 Å².